The molecule has 1 rings (SSSR count). The molecule has 0 aromatic heterocycles. The molecule has 0 saturated heterocycles. The Morgan fingerprint density at radius 2 is 1.64 bits per heavy atom. The molecule has 2 atom stereocenters. The van der Waals surface area contributed by atoms with E-state index in [9.17, 15) is 14.7 Å². The Balaban J connectivity index is 3.15. The van der Waals surface area contributed by atoms with E-state index in [1.807, 2.05) is 30.3 Å². The summed E-state index contributed by atoms with van der Waals surface area (Å²) in [6, 6.07) is 8.30. The molecule has 0 aliphatic heterocycles. The number of carboxylic acid groups (broad SMARTS) is 1. The molecule has 0 radical (unpaired) electrons. The lowest BCUT2D eigenvalue weighted by Gasteiger charge is -2.39. The molecular weight excluding hydrogens is 334 g/mol. The minimum absolute atomic E-state index is 0.0649. The van der Waals surface area contributed by atoms with Gasteiger partial charge in [0.2, 0.25) is 0 Å². The van der Waals surface area contributed by atoms with Crippen LogP contribution in [0.15, 0.2) is 30.3 Å². The summed E-state index contributed by atoms with van der Waals surface area (Å²) >= 11 is 0. The lowest BCUT2D eigenvalue weighted by atomic mass is 10.0. The highest BCUT2D eigenvalue weighted by molar-refractivity contribution is 6.74. The molecule has 1 unspecified atom stereocenters. The van der Waals surface area contributed by atoms with Crippen LogP contribution in [0.3, 0.4) is 0 Å². The maximum atomic E-state index is 12.9. The zero-order valence-electron chi connectivity index (χ0n) is 16.3. The number of nitrogens with one attached hydrogen (secondary N) is 1. The molecule has 0 saturated carbocycles. The molecule has 6 heteroatoms. The normalized spacial score (nSPS) is 14.9. The molecule has 5 nitrogen and oxygen atoms in total. The third-order valence-electron chi connectivity index (χ3n) is 4.79. The van der Waals surface area contributed by atoms with Crippen molar-refractivity contribution in [3.63, 3.8) is 0 Å². The largest absolute Gasteiger partial charge is 0.480 e. The summed E-state index contributed by atoms with van der Waals surface area (Å²) in [5, 5.41) is 11.9. The van der Waals surface area contributed by atoms with E-state index in [-0.39, 0.29) is 11.0 Å². The molecule has 1 aromatic rings. The monoisotopic (exact) mass is 365 g/mol. The number of carbonyl (C=O) groups excluding carboxylic acids is 1. The fourth-order valence-electron chi connectivity index (χ4n) is 2.11. The van der Waals surface area contributed by atoms with Crippen LogP contribution in [0.25, 0.3) is 0 Å². The Labute approximate surface area is 151 Å². The van der Waals surface area contributed by atoms with Crippen LogP contribution in [0.5, 0.6) is 0 Å². The number of amides is 1. The highest BCUT2D eigenvalue weighted by Gasteiger charge is 2.41. The average molecular weight is 366 g/mol. The first-order valence-corrected chi connectivity index (χ1v) is 11.5. The third kappa shape index (κ3) is 5.68. The van der Waals surface area contributed by atoms with E-state index in [1.54, 1.807) is 13.8 Å². The quantitative estimate of drug-likeness (QED) is 0.717. The Bertz CT molecular complexity index is 593. The molecule has 25 heavy (non-hydrogen) atoms. The average Bonchev–Trinajstić information content (AvgIpc) is 2.49. The van der Waals surface area contributed by atoms with Gasteiger partial charge >= 0.3 is 5.97 Å². The van der Waals surface area contributed by atoms with Crippen molar-refractivity contribution in [2.24, 2.45) is 5.92 Å². The second-order valence-corrected chi connectivity index (χ2v) is 13.0. The molecule has 1 amide bonds. The Hall–Kier alpha value is -1.66. The van der Waals surface area contributed by atoms with Crippen molar-refractivity contribution in [1.29, 1.82) is 0 Å². The molecule has 0 fully saturated rings. The van der Waals surface area contributed by atoms with Crippen molar-refractivity contribution < 1.29 is 19.1 Å². The van der Waals surface area contributed by atoms with Crippen molar-refractivity contribution in [2.75, 3.05) is 0 Å². The second-order valence-electron chi connectivity index (χ2n) is 8.24. The maximum absolute atomic E-state index is 12.9. The van der Waals surface area contributed by atoms with Gasteiger partial charge in [-0.3, -0.25) is 4.79 Å². The lowest BCUT2D eigenvalue weighted by Crippen LogP contribution is -2.49. The van der Waals surface area contributed by atoms with Crippen LogP contribution >= 0.6 is 0 Å². The number of rotatable bonds is 7. The number of carboxylic acids is 1. The third-order valence-corrected chi connectivity index (χ3v) is 9.23. The zero-order chi connectivity index (χ0) is 19.4. The van der Waals surface area contributed by atoms with Crippen LogP contribution in [0.4, 0.5) is 0 Å². The van der Waals surface area contributed by atoms with Gasteiger partial charge in [0.15, 0.2) is 8.32 Å². The zero-order valence-corrected chi connectivity index (χ0v) is 17.3. The van der Waals surface area contributed by atoms with Crippen LogP contribution in [0.1, 0.15) is 46.3 Å². The maximum Gasteiger partial charge on any atom is 0.326 e. The standard InChI is InChI=1S/C19H31NO4Si/c1-13(2)15(18(22)23)20-17(21)16(14-11-9-8-10-12-14)24-25(6,7)19(3,4)5/h8-13,15-16H,1-7H3,(H,20,21)(H,22,23)/t15-,16?/m1/s1. The first-order chi connectivity index (χ1) is 11.4. The number of hydrogen-bond donors (Lipinski definition) is 2. The summed E-state index contributed by atoms with van der Waals surface area (Å²) < 4.78 is 6.34. The number of benzene rings is 1. The van der Waals surface area contributed by atoms with Crippen LogP contribution in [0, 0.1) is 5.92 Å². The molecule has 0 heterocycles. The SMILES string of the molecule is CC(C)[C@@H](NC(=O)C(O[Si](C)(C)C(C)(C)C)c1ccccc1)C(=O)O. The molecule has 140 valence electrons. The van der Waals surface area contributed by atoms with Crippen LogP contribution < -0.4 is 5.32 Å². The van der Waals surface area contributed by atoms with Crippen LogP contribution in [-0.4, -0.2) is 31.3 Å². The molecule has 0 aliphatic carbocycles. The fourth-order valence-corrected chi connectivity index (χ4v) is 3.30. The highest BCUT2D eigenvalue weighted by Crippen LogP contribution is 2.39. The molecule has 1 aromatic carbocycles. The van der Waals surface area contributed by atoms with Gasteiger partial charge in [-0.25, -0.2) is 4.79 Å². The van der Waals surface area contributed by atoms with E-state index in [4.69, 9.17) is 4.43 Å². The predicted octanol–water partition coefficient (Wildman–Crippen LogP) is 3.97. The lowest BCUT2D eigenvalue weighted by molar-refractivity contribution is -0.144. The van der Waals surface area contributed by atoms with E-state index in [1.165, 1.54) is 0 Å². The summed E-state index contributed by atoms with van der Waals surface area (Å²) in [4.78, 5) is 24.3. The first kappa shape index (κ1) is 21.4. The Kier molecular flexibility index (Phi) is 6.96. The predicted molar refractivity (Wildman–Crippen MR) is 102 cm³/mol. The van der Waals surface area contributed by atoms with E-state index >= 15 is 0 Å². The minimum Gasteiger partial charge on any atom is -0.480 e. The van der Waals surface area contributed by atoms with Crippen molar-refractivity contribution in [3.05, 3.63) is 35.9 Å². The molecule has 0 aliphatic rings. The Morgan fingerprint density at radius 1 is 1.12 bits per heavy atom. The van der Waals surface area contributed by atoms with Gasteiger partial charge < -0.3 is 14.8 Å². The van der Waals surface area contributed by atoms with Gasteiger partial charge in [-0.05, 0) is 29.6 Å². The number of aliphatic carboxylic acids is 1. The Morgan fingerprint density at radius 3 is 2.04 bits per heavy atom. The van der Waals surface area contributed by atoms with Crippen molar-refractivity contribution in [2.45, 2.75) is 64.9 Å². The molecule has 0 bridgehead atoms. The summed E-state index contributed by atoms with van der Waals surface area (Å²) in [5.41, 5.74) is 0.734. The summed E-state index contributed by atoms with van der Waals surface area (Å²) in [5.74, 6) is -1.66. The number of carbonyl (C=O) groups is 2. The van der Waals surface area contributed by atoms with E-state index in [0.29, 0.717) is 0 Å². The highest BCUT2D eigenvalue weighted by atomic mass is 28.4. The van der Waals surface area contributed by atoms with Crippen molar-refractivity contribution in [1.82, 2.24) is 5.32 Å². The molecule has 2 N–H and O–H groups in total. The van der Waals surface area contributed by atoms with E-state index in [2.05, 4.69) is 39.2 Å². The van der Waals surface area contributed by atoms with Gasteiger partial charge in [-0.15, -0.1) is 0 Å². The first-order valence-electron chi connectivity index (χ1n) is 8.63. The van der Waals surface area contributed by atoms with Crippen LogP contribution in [0.2, 0.25) is 18.1 Å². The van der Waals surface area contributed by atoms with Gasteiger partial charge in [-0.1, -0.05) is 65.0 Å². The summed E-state index contributed by atoms with van der Waals surface area (Å²) in [6.07, 6.45) is -0.817. The molecular formula is C19H31NO4Si. The van der Waals surface area contributed by atoms with Gasteiger partial charge in [0.25, 0.3) is 5.91 Å². The van der Waals surface area contributed by atoms with Gasteiger partial charge in [0.05, 0.1) is 0 Å². The molecule has 0 spiro atoms. The summed E-state index contributed by atoms with van der Waals surface area (Å²) in [7, 11) is -2.23. The van der Waals surface area contributed by atoms with E-state index < -0.39 is 32.3 Å². The second kappa shape index (κ2) is 8.14. The van der Waals surface area contributed by atoms with Crippen molar-refractivity contribution in [3.8, 4) is 0 Å². The van der Waals surface area contributed by atoms with E-state index in [0.717, 1.165) is 5.56 Å². The van der Waals surface area contributed by atoms with Gasteiger partial charge in [-0.2, -0.15) is 0 Å². The fraction of sp³-hybridized carbons (Fsp3) is 0.579. The smallest absolute Gasteiger partial charge is 0.326 e. The van der Waals surface area contributed by atoms with Crippen LogP contribution in [-0.2, 0) is 14.0 Å². The van der Waals surface area contributed by atoms with Crippen molar-refractivity contribution >= 4 is 20.2 Å². The summed E-state index contributed by atoms with van der Waals surface area (Å²) in [6.45, 7) is 14.0. The minimum atomic E-state index is -2.23. The number of hydrogen-bond acceptors (Lipinski definition) is 3. The van der Waals surface area contributed by atoms with Gasteiger partial charge in [0.1, 0.15) is 12.1 Å². The topological polar surface area (TPSA) is 75.6 Å². The van der Waals surface area contributed by atoms with Gasteiger partial charge in [0, 0.05) is 0 Å².